The van der Waals surface area contributed by atoms with Crippen molar-refractivity contribution in [2.24, 2.45) is 0 Å². The summed E-state index contributed by atoms with van der Waals surface area (Å²) in [5.41, 5.74) is 1.61. The van der Waals surface area contributed by atoms with Crippen molar-refractivity contribution in [3.05, 3.63) is 72.8 Å². The fourth-order valence-corrected chi connectivity index (χ4v) is 3.56. The van der Waals surface area contributed by atoms with Gasteiger partial charge in [-0.1, -0.05) is 54.6 Å². The van der Waals surface area contributed by atoms with Crippen molar-refractivity contribution in [2.45, 2.75) is 0 Å². The number of anilines is 2. The Labute approximate surface area is 170 Å². The van der Waals surface area contributed by atoms with Gasteiger partial charge in [-0.05, 0) is 23.6 Å². The van der Waals surface area contributed by atoms with E-state index in [0.717, 1.165) is 22.1 Å². The minimum atomic E-state index is -0.102. The van der Waals surface area contributed by atoms with Crippen LogP contribution in [0.4, 0.5) is 16.2 Å². The van der Waals surface area contributed by atoms with E-state index in [0.29, 0.717) is 32.7 Å². The van der Waals surface area contributed by atoms with Crippen LogP contribution in [0.25, 0.3) is 10.8 Å². The van der Waals surface area contributed by atoms with E-state index in [1.807, 2.05) is 72.8 Å². The Bertz CT molecular complexity index is 993. The van der Waals surface area contributed by atoms with Crippen molar-refractivity contribution in [1.29, 1.82) is 0 Å². The Kier molecular flexibility index (Phi) is 5.72. The maximum atomic E-state index is 12.7. The summed E-state index contributed by atoms with van der Waals surface area (Å²) in [6.45, 7) is 2.86. The molecule has 0 unspecified atom stereocenters. The van der Waals surface area contributed by atoms with Crippen molar-refractivity contribution >= 4 is 34.1 Å². The number of piperazine rings is 1. The van der Waals surface area contributed by atoms with Crippen molar-refractivity contribution in [3.63, 3.8) is 0 Å². The van der Waals surface area contributed by atoms with Gasteiger partial charge in [-0.15, -0.1) is 0 Å². The van der Waals surface area contributed by atoms with Gasteiger partial charge in [0.2, 0.25) is 5.91 Å². The molecular weight excluding hydrogens is 364 g/mol. The van der Waals surface area contributed by atoms with Crippen LogP contribution in [0.15, 0.2) is 72.8 Å². The van der Waals surface area contributed by atoms with Crippen molar-refractivity contribution in [2.75, 3.05) is 43.4 Å². The number of rotatable bonds is 4. The molecule has 1 aliphatic rings. The molecular formula is C23H24N4O2. The number of urea groups is 1. The SMILES string of the molecule is O=C(CN1CCN(C(=O)Nc2cccc3ccccc23)CC1)Nc1ccccc1. The Morgan fingerprint density at radius 2 is 1.45 bits per heavy atom. The lowest BCUT2D eigenvalue weighted by molar-refractivity contribution is -0.117. The standard InChI is InChI=1S/C23H24N4O2/c28-22(24-19-9-2-1-3-10-19)17-26-13-15-27(16-14-26)23(29)25-21-12-6-8-18-7-4-5-11-20(18)21/h1-12H,13-17H2,(H,24,28)(H,25,29). The van der Waals surface area contributed by atoms with E-state index in [-0.39, 0.29) is 11.9 Å². The van der Waals surface area contributed by atoms with Gasteiger partial charge in [0.1, 0.15) is 0 Å². The van der Waals surface area contributed by atoms with Crippen LogP contribution in [-0.4, -0.2) is 54.5 Å². The van der Waals surface area contributed by atoms with Crippen molar-refractivity contribution in [1.82, 2.24) is 9.80 Å². The second kappa shape index (κ2) is 8.75. The maximum Gasteiger partial charge on any atom is 0.321 e. The van der Waals surface area contributed by atoms with E-state index in [1.165, 1.54) is 0 Å². The lowest BCUT2D eigenvalue weighted by Gasteiger charge is -2.34. The monoisotopic (exact) mass is 388 g/mol. The summed E-state index contributed by atoms with van der Waals surface area (Å²) in [6.07, 6.45) is 0. The van der Waals surface area contributed by atoms with Crippen molar-refractivity contribution in [3.8, 4) is 0 Å². The number of fused-ring (bicyclic) bond motifs is 1. The summed E-state index contributed by atoms with van der Waals surface area (Å²) in [6, 6.07) is 23.2. The third-order valence-corrected chi connectivity index (χ3v) is 5.12. The van der Waals surface area contributed by atoms with Crippen LogP contribution in [0.1, 0.15) is 0 Å². The molecule has 0 spiro atoms. The molecule has 1 aliphatic heterocycles. The molecule has 3 aromatic carbocycles. The molecule has 0 radical (unpaired) electrons. The number of para-hydroxylation sites is 1. The summed E-state index contributed by atoms with van der Waals surface area (Å²) in [7, 11) is 0. The largest absolute Gasteiger partial charge is 0.325 e. The van der Waals surface area contributed by atoms with Gasteiger partial charge in [-0.25, -0.2) is 4.79 Å². The normalized spacial score (nSPS) is 14.6. The first-order valence-corrected chi connectivity index (χ1v) is 9.80. The zero-order valence-electron chi connectivity index (χ0n) is 16.2. The van der Waals surface area contributed by atoms with E-state index >= 15 is 0 Å². The summed E-state index contributed by atoms with van der Waals surface area (Å²) < 4.78 is 0. The number of carbonyl (C=O) groups excluding carboxylic acids is 2. The number of hydrogen-bond acceptors (Lipinski definition) is 3. The highest BCUT2D eigenvalue weighted by molar-refractivity contribution is 6.01. The second-order valence-electron chi connectivity index (χ2n) is 7.13. The predicted molar refractivity (Wildman–Crippen MR) is 116 cm³/mol. The van der Waals surface area contributed by atoms with Crippen LogP contribution < -0.4 is 10.6 Å². The fraction of sp³-hybridized carbons (Fsp3) is 0.217. The summed E-state index contributed by atoms with van der Waals surface area (Å²) in [5, 5.41) is 8.06. The molecule has 1 saturated heterocycles. The lowest BCUT2D eigenvalue weighted by atomic mass is 10.1. The maximum absolute atomic E-state index is 12.7. The number of carbonyl (C=O) groups is 2. The third kappa shape index (κ3) is 4.73. The molecule has 0 atom stereocenters. The summed E-state index contributed by atoms with van der Waals surface area (Å²) in [5.74, 6) is -0.0372. The molecule has 2 N–H and O–H groups in total. The third-order valence-electron chi connectivity index (χ3n) is 5.12. The molecule has 29 heavy (non-hydrogen) atoms. The minimum absolute atomic E-state index is 0.0372. The molecule has 148 valence electrons. The van der Waals surface area contributed by atoms with E-state index in [2.05, 4.69) is 15.5 Å². The van der Waals surface area contributed by atoms with E-state index in [1.54, 1.807) is 4.90 Å². The molecule has 3 amide bonds. The number of amides is 3. The van der Waals surface area contributed by atoms with Gasteiger partial charge in [-0.3, -0.25) is 9.69 Å². The predicted octanol–water partition coefficient (Wildman–Crippen LogP) is 3.63. The molecule has 0 bridgehead atoms. The lowest BCUT2D eigenvalue weighted by Crippen LogP contribution is -2.51. The van der Waals surface area contributed by atoms with E-state index < -0.39 is 0 Å². The quantitative estimate of drug-likeness (QED) is 0.717. The molecule has 3 aromatic rings. The van der Waals surface area contributed by atoms with Gasteiger partial charge in [-0.2, -0.15) is 0 Å². The molecule has 4 rings (SSSR count). The fourth-order valence-electron chi connectivity index (χ4n) is 3.56. The molecule has 1 fully saturated rings. The molecule has 0 aliphatic carbocycles. The van der Waals surface area contributed by atoms with Crippen LogP contribution in [0, 0.1) is 0 Å². The summed E-state index contributed by atoms with van der Waals surface area (Å²) in [4.78, 5) is 28.8. The molecule has 6 nitrogen and oxygen atoms in total. The Hall–Kier alpha value is -3.38. The summed E-state index contributed by atoms with van der Waals surface area (Å²) >= 11 is 0. The number of nitrogens with one attached hydrogen (secondary N) is 2. The zero-order valence-corrected chi connectivity index (χ0v) is 16.2. The van der Waals surface area contributed by atoms with Gasteiger partial charge >= 0.3 is 6.03 Å². The highest BCUT2D eigenvalue weighted by atomic mass is 16.2. The average Bonchev–Trinajstić information content (AvgIpc) is 2.75. The van der Waals surface area contributed by atoms with Crippen molar-refractivity contribution < 1.29 is 9.59 Å². The molecule has 0 saturated carbocycles. The highest BCUT2D eigenvalue weighted by Crippen LogP contribution is 2.23. The topological polar surface area (TPSA) is 64.7 Å². The molecule has 1 heterocycles. The van der Waals surface area contributed by atoms with Crippen LogP contribution in [-0.2, 0) is 4.79 Å². The second-order valence-corrected chi connectivity index (χ2v) is 7.13. The van der Waals surface area contributed by atoms with Gasteiger partial charge in [0.15, 0.2) is 0 Å². The van der Waals surface area contributed by atoms with Crippen LogP contribution in [0.3, 0.4) is 0 Å². The molecule has 0 aromatic heterocycles. The Morgan fingerprint density at radius 1 is 0.759 bits per heavy atom. The first-order chi connectivity index (χ1) is 14.2. The van der Waals surface area contributed by atoms with Gasteiger partial charge in [0, 0.05) is 37.3 Å². The van der Waals surface area contributed by atoms with Crippen LogP contribution in [0.5, 0.6) is 0 Å². The van der Waals surface area contributed by atoms with Crippen LogP contribution >= 0.6 is 0 Å². The first-order valence-electron chi connectivity index (χ1n) is 9.80. The Morgan fingerprint density at radius 3 is 2.24 bits per heavy atom. The van der Waals surface area contributed by atoms with Gasteiger partial charge in [0.25, 0.3) is 0 Å². The van der Waals surface area contributed by atoms with Crippen LogP contribution in [0.2, 0.25) is 0 Å². The Balaban J connectivity index is 1.29. The van der Waals surface area contributed by atoms with E-state index in [4.69, 9.17) is 0 Å². The zero-order chi connectivity index (χ0) is 20.1. The van der Waals surface area contributed by atoms with Gasteiger partial charge < -0.3 is 15.5 Å². The number of nitrogens with zero attached hydrogens (tertiary/aromatic N) is 2. The number of hydrogen-bond donors (Lipinski definition) is 2. The van der Waals surface area contributed by atoms with E-state index in [9.17, 15) is 9.59 Å². The average molecular weight is 388 g/mol. The highest BCUT2D eigenvalue weighted by Gasteiger charge is 2.22. The molecule has 6 heteroatoms. The smallest absolute Gasteiger partial charge is 0.321 e. The van der Waals surface area contributed by atoms with Gasteiger partial charge in [0.05, 0.1) is 12.2 Å². The first kappa shape index (κ1) is 19.0. The minimum Gasteiger partial charge on any atom is -0.325 e. The number of benzene rings is 3.